The molecule has 0 aromatic heterocycles. The van der Waals surface area contributed by atoms with Crippen LogP contribution < -0.4 is 5.32 Å². The minimum absolute atomic E-state index is 0.457. The molecule has 0 amide bonds. The molecule has 0 radical (unpaired) electrons. The third kappa shape index (κ3) is 5.87. The third-order valence-electron chi connectivity index (χ3n) is 3.64. The lowest BCUT2D eigenvalue weighted by atomic mass is 9.99. The summed E-state index contributed by atoms with van der Waals surface area (Å²) in [5.41, 5.74) is 2.66. The first-order chi connectivity index (χ1) is 9.60. The number of rotatable bonds is 9. The Hall–Kier alpha value is 0.140. The molecule has 1 nitrogen and oxygen atoms in total. The van der Waals surface area contributed by atoms with Crippen LogP contribution in [0.4, 0.5) is 0 Å². The molecule has 0 aliphatic heterocycles. The Morgan fingerprint density at radius 1 is 1.00 bits per heavy atom. The van der Waals surface area contributed by atoms with Crippen LogP contribution in [0, 0.1) is 6.92 Å². The van der Waals surface area contributed by atoms with E-state index in [9.17, 15) is 0 Å². The van der Waals surface area contributed by atoms with Crippen molar-refractivity contribution in [3.63, 3.8) is 0 Å². The van der Waals surface area contributed by atoms with E-state index in [4.69, 9.17) is 0 Å². The van der Waals surface area contributed by atoms with Gasteiger partial charge in [-0.3, -0.25) is 0 Å². The lowest BCUT2D eigenvalue weighted by Gasteiger charge is -2.21. The van der Waals surface area contributed by atoms with E-state index in [0.717, 1.165) is 6.54 Å². The third-order valence-corrected chi connectivity index (χ3v) is 5.18. The van der Waals surface area contributed by atoms with Gasteiger partial charge in [0, 0.05) is 15.0 Å². The summed E-state index contributed by atoms with van der Waals surface area (Å²) in [5.74, 6) is 0. The molecule has 20 heavy (non-hydrogen) atoms. The molecule has 0 saturated heterocycles. The van der Waals surface area contributed by atoms with E-state index in [1.807, 2.05) is 0 Å². The highest BCUT2D eigenvalue weighted by atomic mass is 79.9. The van der Waals surface area contributed by atoms with Gasteiger partial charge >= 0.3 is 0 Å². The van der Waals surface area contributed by atoms with Gasteiger partial charge in [-0.1, -0.05) is 71.4 Å². The van der Waals surface area contributed by atoms with Gasteiger partial charge in [0.05, 0.1) is 0 Å². The summed E-state index contributed by atoms with van der Waals surface area (Å²) in [6, 6.07) is 4.94. The highest BCUT2D eigenvalue weighted by Gasteiger charge is 2.15. The van der Waals surface area contributed by atoms with Crippen molar-refractivity contribution in [3.05, 3.63) is 32.2 Å². The van der Waals surface area contributed by atoms with Crippen LogP contribution in [0.5, 0.6) is 0 Å². The first-order valence-corrected chi connectivity index (χ1v) is 9.37. The summed E-state index contributed by atoms with van der Waals surface area (Å²) in [6.07, 6.45) is 7.68. The predicted octanol–water partition coefficient (Wildman–Crippen LogP) is 6.53. The molecular weight excluding hydrogens is 378 g/mol. The Morgan fingerprint density at radius 3 is 2.40 bits per heavy atom. The highest BCUT2D eigenvalue weighted by molar-refractivity contribution is 9.11. The summed E-state index contributed by atoms with van der Waals surface area (Å²) < 4.78 is 2.43. The summed E-state index contributed by atoms with van der Waals surface area (Å²) in [7, 11) is 0. The van der Waals surface area contributed by atoms with E-state index >= 15 is 0 Å². The van der Waals surface area contributed by atoms with Crippen LogP contribution in [-0.4, -0.2) is 6.54 Å². The maximum Gasteiger partial charge on any atom is 0.0331 e. The second-order valence-corrected chi connectivity index (χ2v) is 7.19. The van der Waals surface area contributed by atoms with Gasteiger partial charge in [0.15, 0.2) is 0 Å². The summed E-state index contributed by atoms with van der Waals surface area (Å²) >= 11 is 7.40. The molecule has 0 spiro atoms. The van der Waals surface area contributed by atoms with Crippen LogP contribution in [-0.2, 0) is 0 Å². The zero-order valence-electron chi connectivity index (χ0n) is 12.9. The Balaban J connectivity index is 2.78. The molecule has 1 aromatic rings. The predicted molar refractivity (Wildman–Crippen MR) is 96.4 cm³/mol. The maximum atomic E-state index is 3.74. The molecule has 1 unspecified atom stereocenters. The van der Waals surface area contributed by atoms with Gasteiger partial charge in [0.1, 0.15) is 0 Å². The van der Waals surface area contributed by atoms with E-state index in [-0.39, 0.29) is 0 Å². The Labute approximate surface area is 141 Å². The van der Waals surface area contributed by atoms with E-state index in [1.54, 1.807) is 0 Å². The molecule has 1 aromatic carbocycles. The van der Waals surface area contributed by atoms with Gasteiger partial charge in [-0.15, -0.1) is 0 Å². The number of aryl methyl sites for hydroxylation is 1. The molecule has 0 aliphatic carbocycles. The smallest absolute Gasteiger partial charge is 0.0331 e. The van der Waals surface area contributed by atoms with Gasteiger partial charge in [0.25, 0.3) is 0 Å². The number of benzene rings is 1. The Morgan fingerprint density at radius 2 is 1.75 bits per heavy atom. The van der Waals surface area contributed by atoms with Gasteiger partial charge in [-0.05, 0) is 49.6 Å². The normalized spacial score (nSPS) is 12.7. The largest absolute Gasteiger partial charge is 0.310 e. The van der Waals surface area contributed by atoms with Crippen LogP contribution in [0.25, 0.3) is 0 Å². The van der Waals surface area contributed by atoms with E-state index in [1.165, 1.54) is 58.6 Å². The molecule has 114 valence electrons. The zero-order chi connectivity index (χ0) is 15.0. The van der Waals surface area contributed by atoms with Crippen molar-refractivity contribution in [2.45, 2.75) is 65.3 Å². The molecule has 0 fully saturated rings. The lowest BCUT2D eigenvalue weighted by molar-refractivity contribution is 0.469. The van der Waals surface area contributed by atoms with E-state index in [0.29, 0.717) is 6.04 Å². The maximum absolute atomic E-state index is 3.74. The molecule has 1 N–H and O–H groups in total. The quantitative estimate of drug-likeness (QED) is 0.461. The second-order valence-electron chi connectivity index (χ2n) is 5.48. The van der Waals surface area contributed by atoms with E-state index < -0.39 is 0 Å². The van der Waals surface area contributed by atoms with Crippen LogP contribution in [0.1, 0.15) is 69.5 Å². The molecule has 0 saturated carbocycles. The monoisotopic (exact) mass is 403 g/mol. The SMILES string of the molecule is CCCCCCC(NCCC)c1cc(Br)c(C)cc1Br. The van der Waals surface area contributed by atoms with Crippen molar-refractivity contribution in [2.75, 3.05) is 6.54 Å². The highest BCUT2D eigenvalue weighted by Crippen LogP contribution is 2.32. The Bertz CT molecular complexity index is 404. The van der Waals surface area contributed by atoms with Gasteiger partial charge in [-0.2, -0.15) is 0 Å². The molecule has 0 heterocycles. The van der Waals surface area contributed by atoms with Crippen molar-refractivity contribution in [1.82, 2.24) is 5.32 Å². The number of unbranched alkanes of at least 4 members (excludes halogenated alkanes) is 3. The topological polar surface area (TPSA) is 12.0 Å². The van der Waals surface area contributed by atoms with Crippen LogP contribution in [0.3, 0.4) is 0 Å². The second kappa shape index (κ2) is 9.97. The standard InChI is InChI=1S/C17H27Br2N/c1-4-6-7-8-9-17(20-10-5-2)14-12-15(18)13(3)11-16(14)19/h11-12,17,20H,4-10H2,1-3H3. The van der Waals surface area contributed by atoms with Crippen molar-refractivity contribution in [2.24, 2.45) is 0 Å². The Kier molecular flexibility index (Phi) is 9.06. The fraction of sp³-hybridized carbons (Fsp3) is 0.647. The first kappa shape index (κ1) is 18.2. The van der Waals surface area contributed by atoms with Gasteiger partial charge < -0.3 is 5.32 Å². The van der Waals surface area contributed by atoms with Gasteiger partial charge in [-0.25, -0.2) is 0 Å². The molecular formula is C17H27Br2N. The van der Waals surface area contributed by atoms with E-state index in [2.05, 4.69) is 70.1 Å². The number of nitrogens with one attached hydrogen (secondary N) is 1. The van der Waals surface area contributed by atoms with Crippen molar-refractivity contribution in [1.29, 1.82) is 0 Å². The van der Waals surface area contributed by atoms with Crippen molar-refractivity contribution < 1.29 is 0 Å². The molecule has 0 aliphatic rings. The molecule has 0 bridgehead atoms. The first-order valence-electron chi connectivity index (χ1n) is 7.79. The minimum Gasteiger partial charge on any atom is -0.310 e. The van der Waals surface area contributed by atoms with Crippen LogP contribution >= 0.6 is 31.9 Å². The number of hydrogen-bond donors (Lipinski definition) is 1. The fourth-order valence-electron chi connectivity index (χ4n) is 2.39. The van der Waals surface area contributed by atoms with Crippen molar-refractivity contribution in [3.8, 4) is 0 Å². The van der Waals surface area contributed by atoms with Gasteiger partial charge in [0.2, 0.25) is 0 Å². The summed E-state index contributed by atoms with van der Waals surface area (Å²) in [4.78, 5) is 0. The lowest BCUT2D eigenvalue weighted by Crippen LogP contribution is -2.22. The molecule has 1 atom stereocenters. The molecule has 1 rings (SSSR count). The number of hydrogen-bond acceptors (Lipinski definition) is 1. The average Bonchev–Trinajstić information content (AvgIpc) is 2.42. The average molecular weight is 405 g/mol. The summed E-state index contributed by atoms with van der Waals surface area (Å²) in [5, 5.41) is 3.70. The summed E-state index contributed by atoms with van der Waals surface area (Å²) in [6.45, 7) is 7.70. The van der Waals surface area contributed by atoms with Crippen molar-refractivity contribution >= 4 is 31.9 Å². The van der Waals surface area contributed by atoms with Crippen LogP contribution in [0.2, 0.25) is 0 Å². The minimum atomic E-state index is 0.457. The molecule has 3 heteroatoms. The zero-order valence-corrected chi connectivity index (χ0v) is 16.1. The fourth-order valence-corrected chi connectivity index (χ4v) is 3.49. The number of halogens is 2. The van der Waals surface area contributed by atoms with Crippen LogP contribution in [0.15, 0.2) is 21.1 Å².